The molecule has 0 spiro atoms. The van der Waals surface area contributed by atoms with Gasteiger partial charge in [0.05, 0.1) is 16.2 Å². The molecule has 0 atom stereocenters. The van der Waals surface area contributed by atoms with Gasteiger partial charge in [-0.1, -0.05) is 31.5 Å². The van der Waals surface area contributed by atoms with Crippen LogP contribution in [0.5, 0.6) is 0 Å². The van der Waals surface area contributed by atoms with Gasteiger partial charge in [-0.3, -0.25) is 4.98 Å². The molecule has 0 aliphatic carbocycles. The van der Waals surface area contributed by atoms with Gasteiger partial charge in [0.15, 0.2) is 5.82 Å². The smallest absolute Gasteiger partial charge is 0.159 e. The summed E-state index contributed by atoms with van der Waals surface area (Å²) in [5.74, 6) is 0.394. The highest BCUT2D eigenvalue weighted by molar-refractivity contribution is 6.34. The number of nitrogens with one attached hydrogen (secondary N) is 1. The molecule has 1 aromatic carbocycles. The lowest BCUT2D eigenvalue weighted by atomic mass is 10.0. The third kappa shape index (κ3) is 5.77. The van der Waals surface area contributed by atoms with Crippen LogP contribution in [0.1, 0.15) is 40.4 Å². The SMILES string of the molecule is CC.CCNc1c(Cl)cnc2ccc(-c3cnc(C(C)(C)O)nc3)cc12.CCl. The Morgan fingerprint density at radius 1 is 1.00 bits per heavy atom. The molecule has 0 radical (unpaired) electrons. The van der Waals surface area contributed by atoms with E-state index in [4.69, 9.17) is 11.6 Å². The minimum Gasteiger partial charge on any atom is -0.384 e. The lowest BCUT2D eigenvalue weighted by molar-refractivity contribution is 0.0687. The summed E-state index contributed by atoms with van der Waals surface area (Å²) >= 11 is 10.9. The summed E-state index contributed by atoms with van der Waals surface area (Å²) in [5, 5.41) is 14.8. The summed E-state index contributed by atoms with van der Waals surface area (Å²) in [6.45, 7) is 10.1. The van der Waals surface area contributed by atoms with Gasteiger partial charge in [-0.25, -0.2) is 9.97 Å². The zero-order chi connectivity index (χ0) is 21.3. The Hall–Kier alpha value is -1.95. The topological polar surface area (TPSA) is 70.9 Å². The second-order valence-electron chi connectivity index (χ2n) is 6.10. The van der Waals surface area contributed by atoms with Crippen molar-refractivity contribution in [2.45, 2.75) is 40.2 Å². The number of aliphatic hydroxyl groups is 1. The molecule has 0 fully saturated rings. The van der Waals surface area contributed by atoms with E-state index in [0.29, 0.717) is 10.8 Å². The minimum atomic E-state index is -1.06. The Kier molecular flexibility index (Phi) is 9.59. The highest BCUT2D eigenvalue weighted by Gasteiger charge is 2.19. The molecule has 0 aliphatic heterocycles. The number of hydrogen-bond donors (Lipinski definition) is 2. The van der Waals surface area contributed by atoms with E-state index < -0.39 is 5.60 Å². The van der Waals surface area contributed by atoms with Crippen molar-refractivity contribution in [1.29, 1.82) is 0 Å². The normalized spacial score (nSPS) is 10.5. The van der Waals surface area contributed by atoms with Crippen molar-refractivity contribution in [3.63, 3.8) is 0 Å². The van der Waals surface area contributed by atoms with E-state index in [2.05, 4.69) is 31.9 Å². The first-order valence-electron chi connectivity index (χ1n) is 9.15. The second kappa shape index (κ2) is 11.1. The molecule has 152 valence electrons. The molecule has 7 heteroatoms. The van der Waals surface area contributed by atoms with Crippen LogP contribution in [-0.2, 0) is 5.60 Å². The number of benzene rings is 1. The molecular formula is C21H28Cl2N4O. The molecule has 0 saturated carbocycles. The molecule has 0 unspecified atom stereocenters. The number of nitrogens with zero attached hydrogens (tertiary/aromatic N) is 3. The van der Waals surface area contributed by atoms with E-state index in [0.717, 1.165) is 34.3 Å². The fourth-order valence-corrected chi connectivity index (χ4v) is 2.71. The van der Waals surface area contributed by atoms with Gasteiger partial charge in [-0.15, -0.1) is 11.6 Å². The fourth-order valence-electron chi connectivity index (χ4n) is 2.50. The first-order chi connectivity index (χ1) is 13.4. The van der Waals surface area contributed by atoms with Crippen LogP contribution in [0.2, 0.25) is 5.02 Å². The van der Waals surface area contributed by atoms with E-state index in [-0.39, 0.29) is 0 Å². The second-order valence-corrected chi connectivity index (χ2v) is 6.50. The Morgan fingerprint density at radius 2 is 1.61 bits per heavy atom. The van der Waals surface area contributed by atoms with Crippen molar-refractivity contribution >= 4 is 39.8 Å². The van der Waals surface area contributed by atoms with Gasteiger partial charge in [0.25, 0.3) is 0 Å². The van der Waals surface area contributed by atoms with E-state index in [1.165, 1.54) is 6.38 Å². The van der Waals surface area contributed by atoms with Crippen LogP contribution in [0.25, 0.3) is 22.0 Å². The van der Waals surface area contributed by atoms with Crippen molar-refractivity contribution in [1.82, 2.24) is 15.0 Å². The molecule has 2 aromatic heterocycles. The van der Waals surface area contributed by atoms with Crippen LogP contribution in [0, 0.1) is 0 Å². The van der Waals surface area contributed by atoms with E-state index in [1.807, 2.05) is 39.0 Å². The van der Waals surface area contributed by atoms with Gasteiger partial charge < -0.3 is 10.4 Å². The van der Waals surface area contributed by atoms with Crippen LogP contribution >= 0.6 is 23.2 Å². The number of hydrogen-bond acceptors (Lipinski definition) is 5. The summed E-state index contributed by atoms with van der Waals surface area (Å²) in [5.41, 5.74) is 2.52. The Balaban J connectivity index is 0.000000921. The van der Waals surface area contributed by atoms with Crippen molar-refractivity contribution in [3.05, 3.63) is 47.6 Å². The van der Waals surface area contributed by atoms with Gasteiger partial charge in [0, 0.05) is 42.5 Å². The molecule has 0 aliphatic rings. The summed E-state index contributed by atoms with van der Waals surface area (Å²) in [6.07, 6.45) is 6.56. The first-order valence-corrected chi connectivity index (χ1v) is 10.3. The van der Waals surface area contributed by atoms with Crippen LogP contribution in [-0.4, -0.2) is 33.0 Å². The monoisotopic (exact) mass is 422 g/mol. The quantitative estimate of drug-likeness (QED) is 0.513. The van der Waals surface area contributed by atoms with Crippen LogP contribution in [0.3, 0.4) is 0 Å². The number of pyridine rings is 1. The Bertz CT molecular complexity index is 878. The fraction of sp³-hybridized carbons (Fsp3) is 0.381. The molecule has 0 amide bonds. The average molecular weight is 423 g/mol. The van der Waals surface area contributed by atoms with Gasteiger partial charge in [0.1, 0.15) is 5.60 Å². The Labute approximate surface area is 177 Å². The Morgan fingerprint density at radius 3 is 2.14 bits per heavy atom. The van der Waals surface area contributed by atoms with Crippen molar-refractivity contribution < 1.29 is 5.11 Å². The van der Waals surface area contributed by atoms with Crippen LogP contribution < -0.4 is 5.32 Å². The van der Waals surface area contributed by atoms with Crippen LogP contribution in [0.4, 0.5) is 5.69 Å². The third-order valence-electron chi connectivity index (χ3n) is 3.71. The van der Waals surface area contributed by atoms with E-state index in [9.17, 15) is 5.11 Å². The third-order valence-corrected chi connectivity index (χ3v) is 3.99. The summed E-state index contributed by atoms with van der Waals surface area (Å²) in [6, 6.07) is 5.95. The number of rotatable bonds is 4. The average Bonchev–Trinajstić information content (AvgIpc) is 2.72. The van der Waals surface area contributed by atoms with Gasteiger partial charge >= 0.3 is 0 Å². The number of aromatic nitrogens is 3. The summed E-state index contributed by atoms with van der Waals surface area (Å²) in [7, 11) is 0. The standard InChI is InChI=1S/C18H19ClN4O.C2H6.CH3Cl/c1-4-20-16-13-7-11(5-6-15(13)21-10-14(16)19)12-8-22-17(23-9-12)18(2,3)24;2*1-2/h5-10,24H,4H2,1-3H3,(H,20,21);1-2H3;1H3. The van der Waals surface area contributed by atoms with Gasteiger partial charge in [0.2, 0.25) is 0 Å². The molecule has 2 N–H and O–H groups in total. The number of fused-ring (bicyclic) bond motifs is 1. The highest BCUT2D eigenvalue weighted by Crippen LogP contribution is 2.32. The number of alkyl halides is 1. The number of anilines is 1. The van der Waals surface area contributed by atoms with Gasteiger partial charge in [-0.2, -0.15) is 0 Å². The highest BCUT2D eigenvalue weighted by atomic mass is 35.5. The van der Waals surface area contributed by atoms with Crippen LogP contribution in [0.15, 0.2) is 36.8 Å². The molecule has 0 saturated heterocycles. The maximum absolute atomic E-state index is 9.96. The van der Waals surface area contributed by atoms with Crippen molar-refractivity contribution in [2.24, 2.45) is 0 Å². The number of halogens is 2. The van der Waals surface area contributed by atoms with Crippen molar-refractivity contribution in [2.75, 3.05) is 18.2 Å². The lowest BCUT2D eigenvalue weighted by Crippen LogP contribution is -2.19. The zero-order valence-corrected chi connectivity index (χ0v) is 18.7. The predicted octanol–water partition coefficient (Wildman–Crippen LogP) is 5.89. The molecule has 3 rings (SSSR count). The molecule has 5 nitrogen and oxygen atoms in total. The summed E-state index contributed by atoms with van der Waals surface area (Å²) < 4.78 is 0. The maximum Gasteiger partial charge on any atom is 0.159 e. The molecule has 3 aromatic rings. The molecule has 2 heterocycles. The largest absolute Gasteiger partial charge is 0.384 e. The zero-order valence-electron chi connectivity index (χ0n) is 17.2. The first kappa shape index (κ1) is 24.1. The van der Waals surface area contributed by atoms with E-state index >= 15 is 0 Å². The van der Waals surface area contributed by atoms with E-state index in [1.54, 1.807) is 32.4 Å². The predicted molar refractivity (Wildman–Crippen MR) is 120 cm³/mol. The van der Waals surface area contributed by atoms with Gasteiger partial charge in [-0.05, 0) is 38.5 Å². The molecule has 28 heavy (non-hydrogen) atoms. The molecular weight excluding hydrogens is 395 g/mol. The maximum atomic E-state index is 9.96. The lowest BCUT2D eigenvalue weighted by Gasteiger charge is -2.15. The minimum absolute atomic E-state index is 0.394. The van der Waals surface area contributed by atoms with Crippen molar-refractivity contribution in [3.8, 4) is 11.1 Å². The summed E-state index contributed by atoms with van der Waals surface area (Å²) in [4.78, 5) is 12.9. The molecule has 0 bridgehead atoms.